The van der Waals surface area contributed by atoms with Crippen molar-refractivity contribution in [2.75, 3.05) is 16.8 Å². The number of nitrogens with one attached hydrogen (secondary N) is 1. The summed E-state index contributed by atoms with van der Waals surface area (Å²) >= 11 is 0. The molecular formula is C14H21NO3S. The van der Waals surface area contributed by atoms with Crippen LogP contribution in [0.25, 0.3) is 0 Å². The summed E-state index contributed by atoms with van der Waals surface area (Å²) in [6.45, 7) is 3.99. The molecule has 106 valence electrons. The highest BCUT2D eigenvalue weighted by Crippen LogP contribution is 2.21. The third-order valence-corrected chi connectivity index (χ3v) is 4.87. The molecule has 1 heterocycles. The Morgan fingerprint density at radius 3 is 2.26 bits per heavy atom. The molecule has 0 bridgehead atoms. The van der Waals surface area contributed by atoms with E-state index in [-0.39, 0.29) is 12.1 Å². The normalized spacial score (nSPS) is 19.3. The van der Waals surface area contributed by atoms with Crippen LogP contribution >= 0.6 is 0 Å². The molecule has 0 atom stereocenters. The van der Waals surface area contributed by atoms with E-state index in [2.05, 4.69) is 5.32 Å². The smallest absolute Gasteiger partial charge is 0.150 e. The molecule has 0 amide bonds. The predicted octanol–water partition coefficient (Wildman–Crippen LogP) is 2.46. The average molecular weight is 283 g/mol. The molecule has 4 nitrogen and oxygen atoms in total. The van der Waals surface area contributed by atoms with Gasteiger partial charge < -0.3 is 10.1 Å². The molecule has 5 heteroatoms. The summed E-state index contributed by atoms with van der Waals surface area (Å²) in [6, 6.07) is 8.06. The van der Waals surface area contributed by atoms with Crippen LogP contribution < -0.4 is 10.1 Å². The lowest BCUT2D eigenvalue weighted by Crippen LogP contribution is -2.32. The molecule has 0 unspecified atom stereocenters. The van der Waals surface area contributed by atoms with Crippen LogP contribution in [0.1, 0.15) is 26.7 Å². The predicted molar refractivity (Wildman–Crippen MR) is 77.5 cm³/mol. The van der Waals surface area contributed by atoms with Gasteiger partial charge in [0.15, 0.2) is 0 Å². The van der Waals surface area contributed by atoms with Crippen molar-refractivity contribution in [3.63, 3.8) is 0 Å². The zero-order valence-corrected chi connectivity index (χ0v) is 12.2. The monoisotopic (exact) mass is 283 g/mol. The second-order valence-corrected chi connectivity index (χ2v) is 7.57. The number of ether oxygens (including phenoxy) is 1. The van der Waals surface area contributed by atoms with E-state index >= 15 is 0 Å². The van der Waals surface area contributed by atoms with Gasteiger partial charge in [0.05, 0.1) is 17.6 Å². The van der Waals surface area contributed by atoms with E-state index in [1.165, 1.54) is 0 Å². The fourth-order valence-electron chi connectivity index (χ4n) is 2.17. The number of rotatable bonds is 4. The molecule has 1 aliphatic heterocycles. The zero-order chi connectivity index (χ0) is 13.9. The molecule has 0 aromatic heterocycles. The van der Waals surface area contributed by atoms with Gasteiger partial charge in [0, 0.05) is 11.7 Å². The van der Waals surface area contributed by atoms with Crippen molar-refractivity contribution in [2.24, 2.45) is 0 Å². The van der Waals surface area contributed by atoms with E-state index in [1.54, 1.807) is 0 Å². The summed E-state index contributed by atoms with van der Waals surface area (Å²) in [7, 11) is -2.79. The van der Waals surface area contributed by atoms with Crippen molar-refractivity contribution in [1.82, 2.24) is 0 Å². The van der Waals surface area contributed by atoms with Crippen molar-refractivity contribution < 1.29 is 13.2 Å². The Morgan fingerprint density at radius 1 is 1.16 bits per heavy atom. The van der Waals surface area contributed by atoms with Gasteiger partial charge in [-0.05, 0) is 51.0 Å². The van der Waals surface area contributed by atoms with E-state index < -0.39 is 9.84 Å². The highest BCUT2D eigenvalue weighted by molar-refractivity contribution is 7.91. The molecule has 1 fully saturated rings. The quantitative estimate of drug-likeness (QED) is 0.922. The minimum atomic E-state index is -2.79. The third kappa shape index (κ3) is 4.42. The van der Waals surface area contributed by atoms with E-state index in [4.69, 9.17) is 4.74 Å². The molecule has 0 spiro atoms. The number of sulfone groups is 1. The third-order valence-electron chi connectivity index (χ3n) is 3.15. The van der Waals surface area contributed by atoms with Crippen LogP contribution in [0.5, 0.6) is 5.75 Å². The summed E-state index contributed by atoms with van der Waals surface area (Å²) in [5.74, 6) is 1.44. The Morgan fingerprint density at radius 2 is 1.74 bits per heavy atom. The first-order chi connectivity index (χ1) is 8.94. The van der Waals surface area contributed by atoms with Gasteiger partial charge in [0.1, 0.15) is 15.6 Å². The van der Waals surface area contributed by atoms with Crippen LogP contribution in [0.15, 0.2) is 24.3 Å². The first kappa shape index (κ1) is 14.2. The summed E-state index contributed by atoms with van der Waals surface area (Å²) in [4.78, 5) is 0. The van der Waals surface area contributed by atoms with E-state index in [9.17, 15) is 8.42 Å². The fourth-order valence-corrected chi connectivity index (χ4v) is 3.66. The summed E-state index contributed by atoms with van der Waals surface area (Å²) in [6.07, 6.45) is 1.54. The van der Waals surface area contributed by atoms with Crippen molar-refractivity contribution in [3.8, 4) is 5.75 Å². The first-order valence-electron chi connectivity index (χ1n) is 6.68. The largest absolute Gasteiger partial charge is 0.491 e. The number of hydrogen-bond donors (Lipinski definition) is 1. The van der Waals surface area contributed by atoms with Crippen molar-refractivity contribution in [1.29, 1.82) is 0 Å². The molecule has 1 N–H and O–H groups in total. The lowest BCUT2D eigenvalue weighted by Gasteiger charge is -2.24. The van der Waals surface area contributed by atoms with E-state index in [1.807, 2.05) is 38.1 Å². The Hall–Kier alpha value is -1.23. The SMILES string of the molecule is CC(C)Oc1ccc(NC2CCS(=O)(=O)CC2)cc1. The van der Waals surface area contributed by atoms with Gasteiger partial charge in [-0.2, -0.15) is 0 Å². The molecule has 1 aromatic rings. The molecule has 1 aromatic carbocycles. The van der Waals surface area contributed by atoms with Crippen LogP contribution in [0.2, 0.25) is 0 Å². The molecule has 0 saturated carbocycles. The minimum Gasteiger partial charge on any atom is -0.491 e. The summed E-state index contributed by atoms with van der Waals surface area (Å²) in [5, 5.41) is 3.38. The lowest BCUT2D eigenvalue weighted by atomic mass is 10.1. The fraction of sp³-hybridized carbons (Fsp3) is 0.571. The Balaban J connectivity index is 1.90. The van der Waals surface area contributed by atoms with E-state index in [0.29, 0.717) is 24.3 Å². The van der Waals surface area contributed by atoms with Gasteiger partial charge in [0.2, 0.25) is 0 Å². The van der Waals surface area contributed by atoms with E-state index in [0.717, 1.165) is 11.4 Å². The number of anilines is 1. The molecule has 0 aliphatic carbocycles. The highest BCUT2D eigenvalue weighted by Gasteiger charge is 2.23. The Kier molecular flexibility index (Phi) is 4.34. The van der Waals surface area contributed by atoms with Gasteiger partial charge in [0.25, 0.3) is 0 Å². The zero-order valence-electron chi connectivity index (χ0n) is 11.4. The first-order valence-corrected chi connectivity index (χ1v) is 8.50. The number of benzene rings is 1. The van der Waals surface area contributed by atoms with Crippen LogP contribution in [-0.4, -0.2) is 32.1 Å². The van der Waals surface area contributed by atoms with Crippen molar-refractivity contribution in [3.05, 3.63) is 24.3 Å². The standard InChI is InChI=1S/C14H21NO3S/c1-11(2)18-14-5-3-12(4-6-14)15-13-7-9-19(16,17)10-8-13/h3-6,11,13,15H,7-10H2,1-2H3. The van der Waals surface area contributed by atoms with Crippen LogP contribution in [0.4, 0.5) is 5.69 Å². The van der Waals surface area contributed by atoms with Gasteiger partial charge in [-0.25, -0.2) is 8.42 Å². The van der Waals surface area contributed by atoms with Crippen molar-refractivity contribution >= 4 is 15.5 Å². The van der Waals surface area contributed by atoms with Gasteiger partial charge in [-0.3, -0.25) is 0 Å². The number of hydrogen-bond acceptors (Lipinski definition) is 4. The second-order valence-electron chi connectivity index (χ2n) is 5.26. The highest BCUT2D eigenvalue weighted by atomic mass is 32.2. The molecule has 0 radical (unpaired) electrons. The Bertz CT molecular complexity index is 494. The van der Waals surface area contributed by atoms with Gasteiger partial charge in [-0.15, -0.1) is 0 Å². The molecule has 1 saturated heterocycles. The van der Waals surface area contributed by atoms with Crippen LogP contribution in [0.3, 0.4) is 0 Å². The second kappa shape index (κ2) is 5.82. The lowest BCUT2D eigenvalue weighted by molar-refractivity contribution is 0.242. The maximum absolute atomic E-state index is 11.4. The molecule has 1 aliphatic rings. The topological polar surface area (TPSA) is 55.4 Å². The van der Waals surface area contributed by atoms with Gasteiger partial charge >= 0.3 is 0 Å². The maximum Gasteiger partial charge on any atom is 0.150 e. The summed E-state index contributed by atoms with van der Waals surface area (Å²) in [5.41, 5.74) is 1.01. The maximum atomic E-state index is 11.4. The minimum absolute atomic E-state index is 0.169. The Labute approximate surface area is 115 Å². The van der Waals surface area contributed by atoms with Crippen LogP contribution in [0, 0.1) is 0 Å². The van der Waals surface area contributed by atoms with Gasteiger partial charge in [-0.1, -0.05) is 0 Å². The molecule has 2 rings (SSSR count). The van der Waals surface area contributed by atoms with Crippen LogP contribution in [-0.2, 0) is 9.84 Å². The average Bonchev–Trinajstić information content (AvgIpc) is 2.34. The van der Waals surface area contributed by atoms with Crippen molar-refractivity contribution in [2.45, 2.75) is 38.8 Å². The molecule has 19 heavy (non-hydrogen) atoms. The summed E-state index contributed by atoms with van der Waals surface area (Å²) < 4.78 is 28.3. The molecular weight excluding hydrogens is 262 g/mol.